The van der Waals surface area contributed by atoms with Crippen LogP contribution in [-0.4, -0.2) is 21.4 Å². The van der Waals surface area contributed by atoms with Gasteiger partial charge in [-0.05, 0) is 24.3 Å². The summed E-state index contributed by atoms with van der Waals surface area (Å²) in [5.74, 6) is 0.690. The summed E-state index contributed by atoms with van der Waals surface area (Å²) in [4.78, 5) is 0.188. The van der Waals surface area contributed by atoms with Gasteiger partial charge in [0.1, 0.15) is 4.90 Å². The number of fused-ring (bicyclic) bond motifs is 1. The highest BCUT2D eigenvalue weighted by molar-refractivity contribution is 7.90. The molecule has 108 valence electrons. The molecule has 0 amide bonds. The zero-order chi connectivity index (χ0) is 15.0. The number of nitrogens with one attached hydrogen (secondary N) is 1. The number of hydrogen-bond acceptors (Lipinski definition) is 4. The summed E-state index contributed by atoms with van der Waals surface area (Å²) in [6.07, 6.45) is 0. The maximum absolute atomic E-state index is 12.0. The summed E-state index contributed by atoms with van der Waals surface area (Å²) in [5, 5.41) is 3.40. The normalized spacial score (nSPS) is 15.2. The molecule has 21 heavy (non-hydrogen) atoms. The van der Waals surface area contributed by atoms with E-state index >= 15 is 0 Å². The van der Waals surface area contributed by atoms with E-state index in [4.69, 9.17) is 16.3 Å². The van der Waals surface area contributed by atoms with Gasteiger partial charge in [0.05, 0.1) is 17.8 Å². The fraction of sp³-hybridized carbons (Fsp3) is 0.0714. The van der Waals surface area contributed by atoms with Crippen molar-refractivity contribution in [3.63, 3.8) is 0 Å². The summed E-state index contributed by atoms with van der Waals surface area (Å²) in [5.41, 5.74) is 1.08. The Bertz CT molecular complexity index is 847. The van der Waals surface area contributed by atoms with E-state index in [1.807, 2.05) is 0 Å². The minimum absolute atomic E-state index is 0.188. The second-order valence-electron chi connectivity index (χ2n) is 4.36. The van der Waals surface area contributed by atoms with Crippen molar-refractivity contribution in [2.24, 2.45) is 4.40 Å². The van der Waals surface area contributed by atoms with Crippen LogP contribution < -0.4 is 10.1 Å². The molecule has 0 radical (unpaired) electrons. The molecule has 0 spiro atoms. The van der Waals surface area contributed by atoms with E-state index in [0.717, 1.165) is 0 Å². The van der Waals surface area contributed by atoms with Gasteiger partial charge in [-0.25, -0.2) is 0 Å². The molecular formula is C14H11ClN2O3S. The van der Waals surface area contributed by atoms with Gasteiger partial charge < -0.3 is 10.1 Å². The molecule has 1 aliphatic rings. The van der Waals surface area contributed by atoms with Gasteiger partial charge in [0, 0.05) is 5.56 Å². The number of benzene rings is 2. The predicted octanol–water partition coefficient (Wildman–Crippen LogP) is 2.91. The van der Waals surface area contributed by atoms with Gasteiger partial charge in [-0.15, -0.1) is 4.40 Å². The van der Waals surface area contributed by atoms with Crippen LogP contribution in [0, 0.1) is 0 Å². The average molecular weight is 323 g/mol. The minimum atomic E-state index is -3.65. The highest BCUT2D eigenvalue weighted by Crippen LogP contribution is 2.34. The smallest absolute Gasteiger partial charge is 0.285 e. The predicted molar refractivity (Wildman–Crippen MR) is 81.8 cm³/mol. The molecular weight excluding hydrogens is 312 g/mol. The van der Waals surface area contributed by atoms with Crippen LogP contribution in [0.1, 0.15) is 5.56 Å². The Hall–Kier alpha value is -2.05. The van der Waals surface area contributed by atoms with Crippen LogP contribution in [0.3, 0.4) is 0 Å². The topological polar surface area (TPSA) is 67.8 Å². The minimum Gasteiger partial charge on any atom is -0.493 e. The van der Waals surface area contributed by atoms with Crippen LogP contribution in [0.4, 0.5) is 5.69 Å². The van der Waals surface area contributed by atoms with Crippen LogP contribution in [0.5, 0.6) is 5.75 Å². The highest BCUT2D eigenvalue weighted by Gasteiger charge is 2.28. The first-order valence-corrected chi connectivity index (χ1v) is 7.88. The summed E-state index contributed by atoms with van der Waals surface area (Å²) < 4.78 is 33.0. The van der Waals surface area contributed by atoms with Gasteiger partial charge in [-0.2, -0.15) is 8.42 Å². The van der Waals surface area contributed by atoms with E-state index in [0.29, 0.717) is 22.0 Å². The Kier molecular flexibility index (Phi) is 3.35. The lowest BCUT2D eigenvalue weighted by molar-refractivity contribution is 0.417. The number of methoxy groups -OCH3 is 1. The Balaban J connectivity index is 2.07. The lowest BCUT2D eigenvalue weighted by Crippen LogP contribution is -2.12. The summed E-state index contributed by atoms with van der Waals surface area (Å²) in [6.45, 7) is 0. The number of nitrogens with zero attached hydrogens (tertiary/aromatic N) is 1. The first-order chi connectivity index (χ1) is 10.0. The van der Waals surface area contributed by atoms with Gasteiger partial charge in [-0.3, -0.25) is 0 Å². The number of para-hydroxylation sites is 1. The standard InChI is InChI=1S/C14H11ClN2O3S/c1-20-13-10(15)6-4-7-11(13)16-14-9-5-2-3-8-12(9)21(18,19)17-14/h2-8H,1H3,(H,16,17). The molecule has 1 heterocycles. The zero-order valence-electron chi connectivity index (χ0n) is 11.0. The molecule has 0 fully saturated rings. The molecule has 5 nitrogen and oxygen atoms in total. The third kappa shape index (κ3) is 2.36. The molecule has 0 aromatic heterocycles. The largest absolute Gasteiger partial charge is 0.493 e. The third-order valence-electron chi connectivity index (χ3n) is 3.06. The molecule has 1 N–H and O–H groups in total. The van der Waals surface area contributed by atoms with E-state index in [1.54, 1.807) is 36.4 Å². The van der Waals surface area contributed by atoms with Crippen molar-refractivity contribution in [1.29, 1.82) is 0 Å². The average Bonchev–Trinajstić information content (AvgIpc) is 2.71. The van der Waals surface area contributed by atoms with E-state index < -0.39 is 10.0 Å². The van der Waals surface area contributed by atoms with Gasteiger partial charge in [0.2, 0.25) is 0 Å². The molecule has 1 aliphatic heterocycles. The zero-order valence-corrected chi connectivity index (χ0v) is 12.6. The Morgan fingerprint density at radius 3 is 2.67 bits per heavy atom. The quantitative estimate of drug-likeness (QED) is 0.923. The number of ether oxygens (including phenoxy) is 1. The Morgan fingerprint density at radius 1 is 1.14 bits per heavy atom. The van der Waals surface area contributed by atoms with Crippen molar-refractivity contribution >= 4 is 33.1 Å². The molecule has 0 aliphatic carbocycles. The molecule has 0 saturated heterocycles. The molecule has 7 heteroatoms. The van der Waals surface area contributed by atoms with Crippen LogP contribution in [0.2, 0.25) is 5.02 Å². The molecule has 2 aromatic rings. The molecule has 0 unspecified atom stereocenters. The highest BCUT2D eigenvalue weighted by atomic mass is 35.5. The summed E-state index contributed by atoms with van der Waals surface area (Å²) >= 11 is 6.05. The number of rotatable bonds is 2. The monoisotopic (exact) mass is 322 g/mol. The van der Waals surface area contributed by atoms with Crippen molar-refractivity contribution in [3.05, 3.63) is 53.1 Å². The lowest BCUT2D eigenvalue weighted by Gasteiger charge is -2.12. The molecule has 0 atom stereocenters. The number of sulfonamides is 1. The van der Waals surface area contributed by atoms with E-state index in [-0.39, 0.29) is 10.7 Å². The molecule has 3 rings (SSSR count). The number of halogens is 1. The first-order valence-electron chi connectivity index (χ1n) is 6.07. The van der Waals surface area contributed by atoms with Crippen LogP contribution in [-0.2, 0) is 10.0 Å². The Labute approximate surface area is 127 Å². The van der Waals surface area contributed by atoms with E-state index in [1.165, 1.54) is 13.2 Å². The maximum atomic E-state index is 12.0. The van der Waals surface area contributed by atoms with Crippen molar-refractivity contribution in [2.45, 2.75) is 4.90 Å². The number of anilines is 1. The fourth-order valence-electron chi connectivity index (χ4n) is 2.14. The number of hydrogen-bond donors (Lipinski definition) is 1. The van der Waals surface area contributed by atoms with Gasteiger partial charge in [0.15, 0.2) is 11.6 Å². The lowest BCUT2D eigenvalue weighted by atomic mass is 10.2. The van der Waals surface area contributed by atoms with E-state index in [9.17, 15) is 8.42 Å². The number of amidine groups is 1. The second kappa shape index (κ2) is 5.05. The van der Waals surface area contributed by atoms with Crippen molar-refractivity contribution in [2.75, 3.05) is 12.4 Å². The molecule has 0 saturated carbocycles. The SMILES string of the molecule is COc1c(Cl)cccc1NC1=NS(=O)(=O)c2ccccc21. The van der Waals surface area contributed by atoms with Crippen molar-refractivity contribution < 1.29 is 13.2 Å². The van der Waals surface area contributed by atoms with Crippen molar-refractivity contribution in [3.8, 4) is 5.75 Å². The van der Waals surface area contributed by atoms with Crippen LogP contribution in [0.15, 0.2) is 51.8 Å². The van der Waals surface area contributed by atoms with Crippen LogP contribution in [0.25, 0.3) is 0 Å². The second-order valence-corrected chi connectivity index (χ2v) is 6.34. The molecule has 0 bridgehead atoms. The van der Waals surface area contributed by atoms with Gasteiger partial charge in [-0.1, -0.05) is 29.8 Å². The summed E-state index contributed by atoms with van der Waals surface area (Å²) in [6, 6.07) is 11.8. The summed E-state index contributed by atoms with van der Waals surface area (Å²) in [7, 11) is -2.16. The van der Waals surface area contributed by atoms with E-state index in [2.05, 4.69) is 9.71 Å². The van der Waals surface area contributed by atoms with Crippen LogP contribution >= 0.6 is 11.6 Å². The Morgan fingerprint density at radius 2 is 1.90 bits per heavy atom. The first kappa shape index (κ1) is 13.9. The molecule has 2 aromatic carbocycles. The van der Waals surface area contributed by atoms with Crippen molar-refractivity contribution in [1.82, 2.24) is 0 Å². The maximum Gasteiger partial charge on any atom is 0.285 e. The van der Waals surface area contributed by atoms with Gasteiger partial charge in [0.25, 0.3) is 10.0 Å². The third-order valence-corrected chi connectivity index (χ3v) is 4.69. The van der Waals surface area contributed by atoms with Gasteiger partial charge >= 0.3 is 0 Å². The fourth-order valence-corrected chi connectivity index (χ4v) is 3.57.